The highest BCUT2D eigenvalue weighted by Crippen LogP contribution is 2.32. The molecule has 0 amide bonds. The van der Waals surface area contributed by atoms with E-state index in [2.05, 4.69) is 20.9 Å². The van der Waals surface area contributed by atoms with Crippen LogP contribution >= 0.6 is 27.7 Å². The van der Waals surface area contributed by atoms with Gasteiger partial charge in [0, 0.05) is 21.3 Å². The summed E-state index contributed by atoms with van der Waals surface area (Å²) in [6, 6.07) is 5.60. The number of pyridine rings is 1. The monoisotopic (exact) mass is 323 g/mol. The van der Waals surface area contributed by atoms with E-state index >= 15 is 0 Å². The highest BCUT2D eigenvalue weighted by molar-refractivity contribution is 9.10. The summed E-state index contributed by atoms with van der Waals surface area (Å²) in [7, 11) is 0. The van der Waals surface area contributed by atoms with Gasteiger partial charge in [0.15, 0.2) is 0 Å². The molecular formula is C13H10BrNO2S. The summed E-state index contributed by atoms with van der Waals surface area (Å²) in [4.78, 5) is 16.1. The third-order valence-electron chi connectivity index (χ3n) is 3.08. The predicted molar refractivity (Wildman–Crippen MR) is 76.3 cm³/mol. The highest BCUT2D eigenvalue weighted by atomic mass is 79.9. The van der Waals surface area contributed by atoms with Crippen LogP contribution in [0.25, 0.3) is 10.9 Å². The van der Waals surface area contributed by atoms with Gasteiger partial charge in [-0.25, -0.2) is 4.79 Å². The molecular weight excluding hydrogens is 314 g/mol. The van der Waals surface area contributed by atoms with E-state index in [-0.39, 0.29) is 0 Å². The van der Waals surface area contributed by atoms with Crippen LogP contribution < -0.4 is 0 Å². The van der Waals surface area contributed by atoms with Gasteiger partial charge in [0.05, 0.1) is 11.1 Å². The maximum absolute atomic E-state index is 11.5. The fraction of sp³-hybridized carbons (Fsp3) is 0.231. The number of thioether (sulfide) groups is 1. The molecule has 0 fully saturated rings. The van der Waals surface area contributed by atoms with Crippen molar-refractivity contribution in [3.8, 4) is 0 Å². The topological polar surface area (TPSA) is 50.2 Å². The molecule has 3 rings (SSSR count). The van der Waals surface area contributed by atoms with Crippen molar-refractivity contribution < 1.29 is 9.90 Å². The standard InChI is InChI=1S/C13H10BrNO2S/c14-7-1-2-10-8(5-7)12(13(16)17)9-6-18-4-3-11(9)15-10/h1-2,5H,3-4,6H2,(H,16,17). The number of rotatable bonds is 1. The maximum Gasteiger partial charge on any atom is 0.336 e. The number of benzene rings is 1. The zero-order valence-electron chi connectivity index (χ0n) is 9.44. The van der Waals surface area contributed by atoms with Crippen molar-refractivity contribution in [2.24, 2.45) is 0 Å². The van der Waals surface area contributed by atoms with Gasteiger partial charge in [-0.05, 0) is 35.9 Å². The highest BCUT2D eigenvalue weighted by Gasteiger charge is 2.22. The molecule has 3 nitrogen and oxygen atoms in total. The van der Waals surface area contributed by atoms with Crippen molar-refractivity contribution in [1.29, 1.82) is 0 Å². The molecule has 0 unspecified atom stereocenters. The average Bonchev–Trinajstić information content (AvgIpc) is 2.35. The van der Waals surface area contributed by atoms with Crippen LogP contribution in [0.1, 0.15) is 21.6 Å². The Morgan fingerprint density at radius 3 is 3.06 bits per heavy atom. The van der Waals surface area contributed by atoms with Crippen LogP contribution in [-0.4, -0.2) is 21.8 Å². The second-order valence-electron chi connectivity index (χ2n) is 4.18. The lowest BCUT2D eigenvalue weighted by Gasteiger charge is -2.18. The van der Waals surface area contributed by atoms with Gasteiger partial charge in [0.1, 0.15) is 0 Å². The molecule has 1 aromatic heterocycles. The molecule has 18 heavy (non-hydrogen) atoms. The van der Waals surface area contributed by atoms with E-state index in [9.17, 15) is 9.90 Å². The van der Waals surface area contributed by atoms with Crippen molar-refractivity contribution in [2.75, 3.05) is 5.75 Å². The van der Waals surface area contributed by atoms with Crippen LogP contribution in [0.5, 0.6) is 0 Å². The Morgan fingerprint density at radius 2 is 2.28 bits per heavy atom. The van der Waals surface area contributed by atoms with Crippen molar-refractivity contribution in [3.63, 3.8) is 0 Å². The van der Waals surface area contributed by atoms with Gasteiger partial charge in [0.25, 0.3) is 0 Å². The van der Waals surface area contributed by atoms with Crippen molar-refractivity contribution in [1.82, 2.24) is 4.98 Å². The third-order valence-corrected chi connectivity index (χ3v) is 4.56. The number of fused-ring (bicyclic) bond motifs is 2. The van der Waals surface area contributed by atoms with Crippen LogP contribution in [0.4, 0.5) is 0 Å². The van der Waals surface area contributed by atoms with Crippen LogP contribution in [0.15, 0.2) is 22.7 Å². The molecule has 0 aliphatic carbocycles. The van der Waals surface area contributed by atoms with Gasteiger partial charge in [-0.15, -0.1) is 0 Å². The lowest BCUT2D eigenvalue weighted by Crippen LogP contribution is -2.13. The lowest BCUT2D eigenvalue weighted by atomic mass is 10.00. The third kappa shape index (κ3) is 1.91. The molecule has 0 radical (unpaired) electrons. The molecule has 1 aliphatic heterocycles. The van der Waals surface area contributed by atoms with E-state index in [4.69, 9.17) is 0 Å². The van der Waals surface area contributed by atoms with E-state index in [0.29, 0.717) is 5.56 Å². The van der Waals surface area contributed by atoms with Crippen molar-refractivity contribution >= 4 is 44.6 Å². The fourth-order valence-electron chi connectivity index (χ4n) is 2.28. The minimum atomic E-state index is -0.862. The van der Waals surface area contributed by atoms with E-state index in [1.807, 2.05) is 18.2 Å². The molecule has 5 heteroatoms. The SMILES string of the molecule is O=C(O)c1c2c(nc3ccc(Br)cc13)CCSC2. The zero-order valence-corrected chi connectivity index (χ0v) is 11.8. The minimum absolute atomic E-state index is 0.420. The Labute approximate surface area is 117 Å². The normalized spacial score (nSPS) is 14.5. The number of aryl methyl sites for hydroxylation is 1. The van der Waals surface area contributed by atoms with Crippen LogP contribution in [0.3, 0.4) is 0 Å². The molecule has 1 aromatic carbocycles. The average molecular weight is 324 g/mol. The second kappa shape index (κ2) is 4.55. The molecule has 2 aromatic rings. The molecule has 1 aliphatic rings. The largest absolute Gasteiger partial charge is 0.478 e. The molecule has 0 atom stereocenters. The summed E-state index contributed by atoms with van der Waals surface area (Å²) in [5, 5.41) is 10.2. The zero-order chi connectivity index (χ0) is 12.7. The minimum Gasteiger partial charge on any atom is -0.478 e. The molecule has 0 saturated carbocycles. The van der Waals surface area contributed by atoms with Crippen molar-refractivity contribution in [3.05, 3.63) is 39.5 Å². The number of nitrogens with zero attached hydrogens (tertiary/aromatic N) is 1. The molecule has 0 saturated heterocycles. The first-order chi connectivity index (χ1) is 8.66. The van der Waals surface area contributed by atoms with E-state index in [1.54, 1.807) is 11.8 Å². The number of halogens is 1. The van der Waals surface area contributed by atoms with Gasteiger partial charge in [-0.2, -0.15) is 11.8 Å². The number of carboxylic acid groups (broad SMARTS) is 1. The smallest absolute Gasteiger partial charge is 0.336 e. The first-order valence-corrected chi connectivity index (χ1v) is 7.53. The summed E-state index contributed by atoms with van der Waals surface area (Å²) in [6.07, 6.45) is 0.853. The summed E-state index contributed by atoms with van der Waals surface area (Å²) in [5.74, 6) is 0.896. The number of hydrogen-bond acceptors (Lipinski definition) is 3. The van der Waals surface area contributed by atoms with Crippen LogP contribution in [-0.2, 0) is 12.2 Å². The molecule has 92 valence electrons. The second-order valence-corrected chi connectivity index (χ2v) is 6.20. The lowest BCUT2D eigenvalue weighted by molar-refractivity contribution is 0.0698. The summed E-state index contributed by atoms with van der Waals surface area (Å²) in [6.45, 7) is 0. The first kappa shape index (κ1) is 12.0. The first-order valence-electron chi connectivity index (χ1n) is 5.59. The van der Waals surface area contributed by atoms with Gasteiger partial charge >= 0.3 is 5.97 Å². The van der Waals surface area contributed by atoms with Gasteiger partial charge < -0.3 is 5.11 Å². The molecule has 1 N–H and O–H groups in total. The Balaban J connectivity index is 2.41. The Morgan fingerprint density at radius 1 is 1.44 bits per heavy atom. The number of carboxylic acids is 1. The molecule has 0 bridgehead atoms. The van der Waals surface area contributed by atoms with Crippen LogP contribution in [0, 0.1) is 0 Å². The summed E-state index contributed by atoms with van der Waals surface area (Å²) < 4.78 is 0.878. The van der Waals surface area contributed by atoms with Gasteiger partial charge in [-0.3, -0.25) is 4.98 Å². The predicted octanol–water partition coefficient (Wildman–Crippen LogP) is 3.48. The maximum atomic E-state index is 11.5. The van der Waals surface area contributed by atoms with E-state index in [0.717, 1.165) is 44.6 Å². The number of aromatic carboxylic acids is 1. The fourth-order valence-corrected chi connectivity index (χ4v) is 3.63. The van der Waals surface area contributed by atoms with Gasteiger partial charge in [-0.1, -0.05) is 15.9 Å². The van der Waals surface area contributed by atoms with Crippen LogP contribution in [0.2, 0.25) is 0 Å². The molecule has 0 spiro atoms. The summed E-state index contributed by atoms with van der Waals surface area (Å²) in [5.41, 5.74) is 3.02. The Bertz CT molecular complexity index is 657. The Kier molecular flexibility index (Phi) is 3.03. The van der Waals surface area contributed by atoms with E-state index < -0.39 is 5.97 Å². The number of hydrogen-bond donors (Lipinski definition) is 1. The Hall–Kier alpha value is -1.07. The number of carbonyl (C=O) groups is 1. The summed E-state index contributed by atoms with van der Waals surface area (Å²) >= 11 is 5.15. The van der Waals surface area contributed by atoms with Crippen molar-refractivity contribution in [2.45, 2.75) is 12.2 Å². The van der Waals surface area contributed by atoms with Gasteiger partial charge in [0.2, 0.25) is 0 Å². The number of aromatic nitrogens is 1. The quantitative estimate of drug-likeness (QED) is 0.872. The molecule has 2 heterocycles. The van der Waals surface area contributed by atoms with E-state index in [1.165, 1.54) is 0 Å².